The van der Waals surface area contributed by atoms with Gasteiger partial charge in [0.2, 0.25) is 0 Å². The number of rotatable bonds is 4. The van der Waals surface area contributed by atoms with Crippen LogP contribution in [0.5, 0.6) is 0 Å². The third-order valence-electron chi connectivity index (χ3n) is 2.23. The van der Waals surface area contributed by atoms with Gasteiger partial charge in [-0.3, -0.25) is 4.90 Å². The number of nitrogens with zero attached hydrogens (tertiary/aromatic N) is 3. The number of nitrogens with one attached hydrogen (secondary N) is 1. The van der Waals surface area contributed by atoms with Gasteiger partial charge in [0.25, 0.3) is 0 Å². The van der Waals surface area contributed by atoms with Crippen molar-refractivity contribution in [3.05, 3.63) is 0 Å². The maximum Gasteiger partial charge on any atom is 0.0874 e. The largest absolute Gasteiger partial charge is 0.313 e. The van der Waals surface area contributed by atoms with Crippen molar-refractivity contribution in [3.8, 4) is 12.1 Å². The molecule has 1 atom stereocenters. The van der Waals surface area contributed by atoms with E-state index in [0.29, 0.717) is 19.1 Å². The fraction of sp³-hybridized carbons (Fsp3) is 0.778. The van der Waals surface area contributed by atoms with E-state index in [2.05, 4.69) is 17.5 Å². The fourth-order valence-corrected chi connectivity index (χ4v) is 1.61. The van der Waals surface area contributed by atoms with E-state index < -0.39 is 0 Å². The minimum absolute atomic E-state index is 0.353. The summed E-state index contributed by atoms with van der Waals surface area (Å²) < 4.78 is 0. The SMILES string of the molecule is N#CCN(CC#N)CC1CCCN1. The molecule has 70 valence electrons. The van der Waals surface area contributed by atoms with Gasteiger partial charge in [-0.15, -0.1) is 0 Å². The second kappa shape index (κ2) is 5.53. The summed E-state index contributed by atoms with van der Waals surface area (Å²) in [7, 11) is 0. The Bertz CT molecular complexity index is 203. The van der Waals surface area contributed by atoms with Gasteiger partial charge in [-0.25, -0.2) is 0 Å². The molecule has 1 aliphatic rings. The first-order chi connectivity index (χ1) is 6.36. The monoisotopic (exact) mass is 178 g/mol. The van der Waals surface area contributed by atoms with Crippen molar-refractivity contribution >= 4 is 0 Å². The molecule has 0 amide bonds. The molecule has 1 unspecified atom stereocenters. The summed E-state index contributed by atoms with van der Waals surface area (Å²) in [6, 6.07) is 4.62. The number of hydrogen-bond donors (Lipinski definition) is 1. The van der Waals surface area contributed by atoms with E-state index in [4.69, 9.17) is 10.5 Å². The van der Waals surface area contributed by atoms with Crippen LogP contribution in [0.4, 0.5) is 0 Å². The van der Waals surface area contributed by atoms with Gasteiger partial charge >= 0.3 is 0 Å². The third kappa shape index (κ3) is 3.42. The van der Waals surface area contributed by atoms with Gasteiger partial charge in [-0.1, -0.05) is 0 Å². The normalized spacial score (nSPS) is 21.3. The van der Waals surface area contributed by atoms with Crippen LogP contribution in [0.25, 0.3) is 0 Å². The van der Waals surface area contributed by atoms with Crippen molar-refractivity contribution in [2.75, 3.05) is 26.2 Å². The Labute approximate surface area is 78.7 Å². The molecule has 13 heavy (non-hydrogen) atoms. The lowest BCUT2D eigenvalue weighted by Crippen LogP contribution is -2.37. The van der Waals surface area contributed by atoms with E-state index in [1.165, 1.54) is 6.42 Å². The fourth-order valence-electron chi connectivity index (χ4n) is 1.61. The van der Waals surface area contributed by atoms with Crippen molar-refractivity contribution in [2.24, 2.45) is 0 Å². The highest BCUT2D eigenvalue weighted by Gasteiger charge is 2.17. The zero-order valence-corrected chi connectivity index (χ0v) is 7.66. The summed E-state index contributed by atoms with van der Waals surface area (Å²) in [5, 5.41) is 20.4. The maximum atomic E-state index is 8.52. The summed E-state index contributed by atoms with van der Waals surface area (Å²) in [5.74, 6) is 0. The van der Waals surface area contributed by atoms with Crippen LogP contribution in [-0.2, 0) is 0 Å². The Hall–Kier alpha value is -1.10. The highest BCUT2D eigenvalue weighted by Crippen LogP contribution is 2.06. The van der Waals surface area contributed by atoms with E-state index >= 15 is 0 Å². The Balaban J connectivity index is 2.29. The first-order valence-electron chi connectivity index (χ1n) is 4.56. The maximum absolute atomic E-state index is 8.52. The molecule has 0 radical (unpaired) electrons. The summed E-state index contributed by atoms with van der Waals surface area (Å²) >= 11 is 0. The molecule has 0 aromatic heterocycles. The first-order valence-corrected chi connectivity index (χ1v) is 4.56. The van der Waals surface area contributed by atoms with Crippen molar-refractivity contribution < 1.29 is 0 Å². The highest BCUT2D eigenvalue weighted by molar-refractivity contribution is 4.87. The van der Waals surface area contributed by atoms with E-state index in [1.807, 2.05) is 4.90 Å². The van der Waals surface area contributed by atoms with Crippen molar-refractivity contribution in [3.63, 3.8) is 0 Å². The minimum atomic E-state index is 0.353. The highest BCUT2D eigenvalue weighted by atomic mass is 15.1. The molecule has 0 aromatic carbocycles. The standard InChI is InChI=1S/C9H14N4/c10-3-6-13(7-4-11)8-9-2-1-5-12-9/h9,12H,1-2,5-8H2. The average molecular weight is 178 g/mol. The molecule has 4 nitrogen and oxygen atoms in total. The third-order valence-corrected chi connectivity index (χ3v) is 2.23. The summed E-state index contributed by atoms with van der Waals surface area (Å²) in [6.07, 6.45) is 2.37. The van der Waals surface area contributed by atoms with Gasteiger partial charge in [0, 0.05) is 12.6 Å². The van der Waals surface area contributed by atoms with Crippen molar-refractivity contribution in [1.29, 1.82) is 10.5 Å². The molecule has 1 aliphatic heterocycles. The lowest BCUT2D eigenvalue weighted by atomic mass is 10.2. The van der Waals surface area contributed by atoms with Crippen molar-refractivity contribution in [1.82, 2.24) is 10.2 Å². The summed E-state index contributed by atoms with van der Waals surface area (Å²) in [4.78, 5) is 1.88. The van der Waals surface area contributed by atoms with Crippen LogP contribution in [-0.4, -0.2) is 37.1 Å². The smallest absolute Gasteiger partial charge is 0.0874 e. The lowest BCUT2D eigenvalue weighted by molar-refractivity contribution is 0.306. The predicted molar refractivity (Wildman–Crippen MR) is 48.7 cm³/mol. The molecule has 0 aromatic rings. The number of hydrogen-bond acceptors (Lipinski definition) is 4. The van der Waals surface area contributed by atoms with Gasteiger partial charge in [-0.2, -0.15) is 10.5 Å². The van der Waals surface area contributed by atoms with Crippen LogP contribution < -0.4 is 5.32 Å². The van der Waals surface area contributed by atoms with Crippen molar-refractivity contribution in [2.45, 2.75) is 18.9 Å². The van der Waals surface area contributed by atoms with E-state index in [9.17, 15) is 0 Å². The van der Waals surface area contributed by atoms with Crippen LogP contribution in [0, 0.1) is 22.7 Å². The average Bonchev–Trinajstić information content (AvgIpc) is 2.58. The first kappa shape index (κ1) is 9.98. The van der Waals surface area contributed by atoms with Crippen LogP contribution in [0.15, 0.2) is 0 Å². The molecule has 0 saturated carbocycles. The minimum Gasteiger partial charge on any atom is -0.313 e. The molecule has 1 fully saturated rings. The Morgan fingerprint density at radius 3 is 2.46 bits per heavy atom. The molecule has 4 heteroatoms. The zero-order valence-electron chi connectivity index (χ0n) is 7.66. The summed E-state index contributed by atoms with van der Waals surface area (Å²) in [5.41, 5.74) is 0. The van der Waals surface area contributed by atoms with Crippen LogP contribution in [0.1, 0.15) is 12.8 Å². The van der Waals surface area contributed by atoms with Gasteiger partial charge in [0.15, 0.2) is 0 Å². The molecule has 1 rings (SSSR count). The van der Waals surface area contributed by atoms with Gasteiger partial charge < -0.3 is 5.32 Å². The van der Waals surface area contributed by atoms with Gasteiger partial charge in [0.1, 0.15) is 0 Å². The second-order valence-electron chi connectivity index (χ2n) is 3.28. The predicted octanol–water partition coefficient (Wildman–Crippen LogP) is 0.0876. The molecule has 1 saturated heterocycles. The van der Waals surface area contributed by atoms with E-state index in [-0.39, 0.29) is 0 Å². The van der Waals surface area contributed by atoms with Crippen LogP contribution in [0.3, 0.4) is 0 Å². The molecule has 0 spiro atoms. The summed E-state index contributed by atoms with van der Waals surface area (Å²) in [6.45, 7) is 2.59. The Morgan fingerprint density at radius 1 is 1.31 bits per heavy atom. The molecule has 0 aliphatic carbocycles. The van der Waals surface area contributed by atoms with E-state index in [0.717, 1.165) is 19.5 Å². The quantitative estimate of drug-likeness (QED) is 0.620. The molecular formula is C9H14N4. The Kier molecular flexibility index (Phi) is 4.25. The zero-order chi connectivity index (χ0) is 9.52. The second-order valence-corrected chi connectivity index (χ2v) is 3.28. The molecule has 0 bridgehead atoms. The molecule has 1 N–H and O–H groups in total. The lowest BCUT2D eigenvalue weighted by Gasteiger charge is -2.19. The van der Waals surface area contributed by atoms with Gasteiger partial charge in [-0.05, 0) is 19.4 Å². The number of nitriles is 2. The van der Waals surface area contributed by atoms with Crippen LogP contribution in [0.2, 0.25) is 0 Å². The van der Waals surface area contributed by atoms with Crippen LogP contribution >= 0.6 is 0 Å². The van der Waals surface area contributed by atoms with E-state index in [1.54, 1.807) is 0 Å². The Morgan fingerprint density at radius 2 is 2.00 bits per heavy atom. The molecule has 1 heterocycles. The topological polar surface area (TPSA) is 62.9 Å². The molecular weight excluding hydrogens is 164 g/mol. The van der Waals surface area contributed by atoms with Gasteiger partial charge in [0.05, 0.1) is 25.2 Å².